The molecule has 8 heteroatoms. The third-order valence-corrected chi connectivity index (χ3v) is 3.66. The van der Waals surface area contributed by atoms with Crippen LogP contribution in [0.5, 0.6) is 0 Å². The maximum absolute atomic E-state index is 12.9. The predicted molar refractivity (Wildman–Crippen MR) is 79.4 cm³/mol. The Morgan fingerprint density at radius 2 is 2.00 bits per heavy atom. The van der Waals surface area contributed by atoms with Crippen molar-refractivity contribution in [3.63, 3.8) is 0 Å². The van der Waals surface area contributed by atoms with E-state index in [1.807, 2.05) is 0 Å². The van der Waals surface area contributed by atoms with Crippen molar-refractivity contribution in [2.45, 2.75) is 31.4 Å². The molecule has 1 aromatic heterocycles. The fraction of sp³-hybridized carbons (Fsp3) is 0.312. The van der Waals surface area contributed by atoms with Crippen LogP contribution in [0.1, 0.15) is 36.6 Å². The van der Waals surface area contributed by atoms with Crippen molar-refractivity contribution in [3.05, 3.63) is 41.7 Å². The van der Waals surface area contributed by atoms with Gasteiger partial charge in [0.2, 0.25) is 5.91 Å². The molecule has 1 heterocycles. The molecule has 1 amide bonds. The topological polar surface area (TPSA) is 70.7 Å². The molecule has 0 aliphatic heterocycles. The zero-order valence-electron chi connectivity index (χ0n) is 12.5. The van der Waals surface area contributed by atoms with E-state index < -0.39 is 17.8 Å². The molecule has 1 saturated carbocycles. The Bertz CT molecular complexity index is 798. The first kappa shape index (κ1) is 16.1. The number of carbonyl (C=O) groups excluding carboxylic acids is 1. The minimum atomic E-state index is -4.49. The van der Waals surface area contributed by atoms with Crippen LogP contribution in [0.4, 0.5) is 18.9 Å². The third kappa shape index (κ3) is 3.40. The van der Waals surface area contributed by atoms with Crippen LogP contribution >= 0.6 is 0 Å². The Morgan fingerprint density at radius 1 is 1.33 bits per heavy atom. The van der Waals surface area contributed by atoms with E-state index >= 15 is 0 Å². The molecule has 1 aliphatic rings. The van der Waals surface area contributed by atoms with Gasteiger partial charge in [-0.1, -0.05) is 0 Å². The molecule has 0 bridgehead atoms. The molecular weight excluding hydrogens is 321 g/mol. The highest BCUT2D eigenvalue weighted by Gasteiger charge is 2.38. The number of aromatic nitrogens is 2. The molecule has 1 fully saturated rings. The Balaban J connectivity index is 1.87. The summed E-state index contributed by atoms with van der Waals surface area (Å²) in [5.74, 6) is -0.342. The van der Waals surface area contributed by atoms with E-state index in [0.29, 0.717) is 17.1 Å². The fourth-order valence-electron chi connectivity index (χ4n) is 2.37. The van der Waals surface area contributed by atoms with Crippen LogP contribution in [-0.4, -0.2) is 15.7 Å². The van der Waals surface area contributed by atoms with Crippen molar-refractivity contribution >= 4 is 11.6 Å². The molecule has 1 N–H and O–H groups in total. The Morgan fingerprint density at radius 3 is 2.54 bits per heavy atom. The highest BCUT2D eigenvalue weighted by atomic mass is 19.4. The highest BCUT2D eigenvalue weighted by molar-refractivity contribution is 5.92. The molecule has 0 radical (unpaired) electrons. The molecule has 24 heavy (non-hydrogen) atoms. The van der Waals surface area contributed by atoms with E-state index in [0.717, 1.165) is 18.9 Å². The molecule has 1 aliphatic carbocycles. The van der Waals surface area contributed by atoms with Crippen LogP contribution in [0.2, 0.25) is 0 Å². The lowest BCUT2D eigenvalue weighted by atomic mass is 10.2. The molecule has 124 valence electrons. The van der Waals surface area contributed by atoms with E-state index in [4.69, 9.17) is 5.26 Å². The van der Waals surface area contributed by atoms with Gasteiger partial charge in [-0.15, -0.1) is 0 Å². The van der Waals surface area contributed by atoms with Crippen molar-refractivity contribution in [2.24, 2.45) is 0 Å². The summed E-state index contributed by atoms with van der Waals surface area (Å²) in [4.78, 5) is 11.4. The Kier molecular flexibility index (Phi) is 4.01. The minimum Gasteiger partial charge on any atom is -0.325 e. The van der Waals surface area contributed by atoms with Crippen molar-refractivity contribution in [2.75, 3.05) is 5.32 Å². The zero-order chi connectivity index (χ0) is 17.3. The van der Waals surface area contributed by atoms with Gasteiger partial charge in [-0.2, -0.15) is 23.5 Å². The van der Waals surface area contributed by atoms with Crippen molar-refractivity contribution in [3.8, 4) is 11.8 Å². The smallest absolute Gasteiger partial charge is 0.325 e. The number of nitriles is 1. The second kappa shape index (κ2) is 6.00. The molecule has 2 aromatic rings. The number of hydrogen-bond acceptors (Lipinski definition) is 3. The molecule has 0 saturated heterocycles. The normalized spacial score (nSPS) is 14.2. The first-order chi connectivity index (χ1) is 11.4. The summed E-state index contributed by atoms with van der Waals surface area (Å²) in [6.45, 7) is 0. The second-order valence-corrected chi connectivity index (χ2v) is 5.57. The van der Waals surface area contributed by atoms with Gasteiger partial charge < -0.3 is 5.32 Å². The summed E-state index contributed by atoms with van der Waals surface area (Å²) in [6, 6.07) is 9.13. The van der Waals surface area contributed by atoms with Crippen LogP contribution in [0.15, 0.2) is 30.3 Å². The average Bonchev–Trinajstić information content (AvgIpc) is 3.25. The molecule has 3 rings (SSSR count). The van der Waals surface area contributed by atoms with Gasteiger partial charge in [-0.25, -0.2) is 4.68 Å². The van der Waals surface area contributed by atoms with Crippen molar-refractivity contribution in [1.82, 2.24) is 9.78 Å². The van der Waals surface area contributed by atoms with Gasteiger partial charge in [-0.05, 0) is 43.2 Å². The lowest BCUT2D eigenvalue weighted by Gasteiger charge is -2.08. The van der Waals surface area contributed by atoms with Crippen LogP contribution in [0.25, 0.3) is 5.69 Å². The van der Waals surface area contributed by atoms with Gasteiger partial charge in [-0.3, -0.25) is 4.79 Å². The molecule has 0 spiro atoms. The summed E-state index contributed by atoms with van der Waals surface area (Å²) in [7, 11) is 0. The molecular formula is C16H13F3N4O. The number of amides is 1. The zero-order valence-corrected chi connectivity index (χ0v) is 12.5. The number of halogens is 3. The van der Waals surface area contributed by atoms with Gasteiger partial charge >= 0.3 is 6.18 Å². The average molecular weight is 334 g/mol. The number of nitrogens with zero attached hydrogens (tertiary/aromatic N) is 3. The van der Waals surface area contributed by atoms with E-state index in [-0.39, 0.29) is 12.3 Å². The quantitative estimate of drug-likeness (QED) is 0.928. The lowest BCUT2D eigenvalue weighted by Crippen LogP contribution is -2.10. The van der Waals surface area contributed by atoms with Gasteiger partial charge in [0.15, 0.2) is 5.69 Å². The third-order valence-electron chi connectivity index (χ3n) is 3.66. The predicted octanol–water partition coefficient (Wildman–Crippen LogP) is 3.62. The van der Waals surface area contributed by atoms with E-state index in [2.05, 4.69) is 10.4 Å². The van der Waals surface area contributed by atoms with Crippen molar-refractivity contribution in [1.29, 1.82) is 5.26 Å². The monoisotopic (exact) mass is 334 g/mol. The molecule has 0 unspecified atom stereocenters. The van der Waals surface area contributed by atoms with Gasteiger partial charge in [0.25, 0.3) is 0 Å². The fourth-order valence-corrected chi connectivity index (χ4v) is 2.37. The number of hydrogen-bond donors (Lipinski definition) is 1. The summed E-state index contributed by atoms with van der Waals surface area (Å²) in [5, 5.41) is 14.7. The van der Waals surface area contributed by atoms with Crippen molar-refractivity contribution < 1.29 is 18.0 Å². The summed E-state index contributed by atoms with van der Waals surface area (Å²) in [5.41, 5.74) is 0.597. The second-order valence-electron chi connectivity index (χ2n) is 5.57. The first-order valence-electron chi connectivity index (χ1n) is 7.33. The van der Waals surface area contributed by atoms with E-state index in [9.17, 15) is 18.0 Å². The van der Waals surface area contributed by atoms with Gasteiger partial charge in [0.05, 0.1) is 11.8 Å². The molecule has 0 atom stereocenters. The van der Waals surface area contributed by atoms with Crippen LogP contribution in [0.3, 0.4) is 0 Å². The number of benzene rings is 1. The first-order valence-corrected chi connectivity index (χ1v) is 7.33. The molecule has 1 aromatic carbocycles. The SMILES string of the molecule is N#CCC(=O)Nc1ccc(-n2nc(C(F)(F)F)cc2C2CC2)cc1. The Hall–Kier alpha value is -2.82. The highest BCUT2D eigenvalue weighted by Crippen LogP contribution is 2.42. The van der Waals surface area contributed by atoms with Crippen LogP contribution in [0, 0.1) is 11.3 Å². The van der Waals surface area contributed by atoms with Crippen LogP contribution in [-0.2, 0) is 11.0 Å². The standard InChI is InChI=1S/C16H13F3N4O/c17-16(18,19)14-9-13(10-1-2-10)23(22-14)12-5-3-11(4-6-12)21-15(24)7-8-20/h3-6,9-10H,1-2,7H2,(H,21,24). The lowest BCUT2D eigenvalue weighted by molar-refractivity contribution is -0.141. The largest absolute Gasteiger partial charge is 0.435 e. The van der Waals surface area contributed by atoms with Gasteiger partial charge in [0.1, 0.15) is 6.42 Å². The summed E-state index contributed by atoms with van der Waals surface area (Å²) >= 11 is 0. The molecule has 5 nitrogen and oxygen atoms in total. The number of anilines is 1. The minimum absolute atomic E-state index is 0.101. The number of carbonyl (C=O) groups is 1. The Labute approximate surface area is 135 Å². The maximum Gasteiger partial charge on any atom is 0.435 e. The number of nitrogens with one attached hydrogen (secondary N) is 1. The summed E-state index contributed by atoms with van der Waals surface area (Å²) < 4.78 is 40.0. The summed E-state index contributed by atoms with van der Waals surface area (Å²) in [6.07, 6.45) is -3.04. The van der Waals surface area contributed by atoms with Crippen LogP contribution < -0.4 is 5.32 Å². The number of alkyl halides is 3. The van der Waals surface area contributed by atoms with E-state index in [1.165, 1.54) is 4.68 Å². The maximum atomic E-state index is 12.9. The van der Waals surface area contributed by atoms with Gasteiger partial charge in [0, 0.05) is 17.3 Å². The number of rotatable bonds is 4. The van der Waals surface area contributed by atoms with E-state index in [1.54, 1.807) is 30.3 Å².